The molecule has 2 rings (SSSR count). The highest BCUT2D eigenvalue weighted by Gasteiger charge is 2.27. The fourth-order valence-electron chi connectivity index (χ4n) is 1.70. The van der Waals surface area contributed by atoms with Gasteiger partial charge in [0.25, 0.3) is 5.91 Å². The van der Waals surface area contributed by atoms with E-state index in [9.17, 15) is 9.59 Å². The number of carbonyl (C=O) groups excluding carboxylic acids is 2. The number of ether oxygens (including phenoxy) is 2. The molecule has 0 radical (unpaired) electrons. The van der Waals surface area contributed by atoms with E-state index < -0.39 is 6.10 Å². The molecule has 1 aliphatic carbocycles. The molecule has 108 valence electrons. The molecule has 1 N–H and O–H groups in total. The van der Waals surface area contributed by atoms with Crippen LogP contribution < -0.4 is 14.8 Å². The van der Waals surface area contributed by atoms with Crippen molar-refractivity contribution in [3.8, 4) is 11.5 Å². The topological polar surface area (TPSA) is 64.6 Å². The fourth-order valence-corrected chi connectivity index (χ4v) is 2.25. The lowest BCUT2D eigenvalue weighted by Gasteiger charge is -2.18. The third-order valence-electron chi connectivity index (χ3n) is 2.98. The van der Waals surface area contributed by atoms with E-state index in [1.165, 1.54) is 7.11 Å². The lowest BCUT2D eigenvalue weighted by Crippen LogP contribution is -2.37. The Morgan fingerprint density at radius 3 is 2.75 bits per heavy atom. The van der Waals surface area contributed by atoms with Crippen LogP contribution in [0.5, 0.6) is 11.5 Å². The van der Waals surface area contributed by atoms with Crippen molar-refractivity contribution < 1.29 is 19.1 Å². The Morgan fingerprint density at radius 2 is 2.20 bits per heavy atom. The van der Waals surface area contributed by atoms with Gasteiger partial charge in [0.05, 0.1) is 11.6 Å². The minimum absolute atomic E-state index is 0.152. The van der Waals surface area contributed by atoms with Gasteiger partial charge >= 0.3 is 0 Å². The summed E-state index contributed by atoms with van der Waals surface area (Å²) in [5.41, 5.74) is 0.469. The number of nitrogens with one attached hydrogen (secondary N) is 1. The third-order valence-corrected chi connectivity index (χ3v) is 3.56. The molecule has 0 saturated heterocycles. The number of halogens is 1. The molecule has 0 heterocycles. The van der Waals surface area contributed by atoms with E-state index in [0.717, 1.165) is 19.1 Å². The molecule has 0 aliphatic heterocycles. The summed E-state index contributed by atoms with van der Waals surface area (Å²) < 4.78 is 11.4. The predicted molar refractivity (Wildman–Crippen MR) is 77.3 cm³/mol. The monoisotopic (exact) mass is 341 g/mol. The van der Waals surface area contributed by atoms with Gasteiger partial charge in [0.2, 0.25) is 0 Å². The molecule has 1 saturated carbocycles. The molecule has 0 aromatic heterocycles. The number of amides is 1. The van der Waals surface area contributed by atoms with Gasteiger partial charge in [-0.15, -0.1) is 0 Å². The van der Waals surface area contributed by atoms with E-state index in [1.807, 2.05) is 0 Å². The Morgan fingerprint density at radius 1 is 1.50 bits per heavy atom. The van der Waals surface area contributed by atoms with Gasteiger partial charge in [-0.1, -0.05) is 0 Å². The summed E-state index contributed by atoms with van der Waals surface area (Å²) in [6.45, 7) is 1.68. The first-order valence-corrected chi connectivity index (χ1v) is 7.14. The van der Waals surface area contributed by atoms with Gasteiger partial charge in [-0.3, -0.25) is 9.59 Å². The molecule has 1 aromatic rings. The third kappa shape index (κ3) is 3.50. The van der Waals surface area contributed by atoms with Crippen LogP contribution in [0.4, 0.5) is 0 Å². The summed E-state index contributed by atoms with van der Waals surface area (Å²) >= 11 is 3.32. The quantitative estimate of drug-likeness (QED) is 0.806. The standard InChI is InChI=1S/C14H16BrNO4/c1-8(14(18)16-10-3-4-10)20-13-11(15)5-9(7-17)6-12(13)19-2/h5-8,10H,3-4H2,1-2H3,(H,16,18). The summed E-state index contributed by atoms with van der Waals surface area (Å²) in [6, 6.07) is 3.48. The average molecular weight is 342 g/mol. The SMILES string of the molecule is COc1cc(C=O)cc(Br)c1OC(C)C(=O)NC1CC1. The van der Waals surface area contributed by atoms with Gasteiger partial charge < -0.3 is 14.8 Å². The zero-order valence-corrected chi connectivity index (χ0v) is 12.9. The molecule has 5 nitrogen and oxygen atoms in total. The summed E-state index contributed by atoms with van der Waals surface area (Å²) in [6.07, 6.45) is 2.14. The molecule has 1 amide bonds. The van der Waals surface area contributed by atoms with Crippen LogP contribution in [-0.4, -0.2) is 31.4 Å². The van der Waals surface area contributed by atoms with Crippen LogP contribution in [0.25, 0.3) is 0 Å². The smallest absolute Gasteiger partial charge is 0.260 e. The molecule has 20 heavy (non-hydrogen) atoms. The minimum Gasteiger partial charge on any atom is -0.493 e. The first-order chi connectivity index (χ1) is 9.55. The highest BCUT2D eigenvalue weighted by atomic mass is 79.9. The molecule has 1 atom stereocenters. The Hall–Kier alpha value is -1.56. The van der Waals surface area contributed by atoms with Crippen molar-refractivity contribution >= 4 is 28.1 Å². The number of hydrogen-bond acceptors (Lipinski definition) is 4. The highest BCUT2D eigenvalue weighted by Crippen LogP contribution is 2.37. The molecule has 1 unspecified atom stereocenters. The van der Waals surface area contributed by atoms with Gasteiger partial charge in [0.15, 0.2) is 17.6 Å². The van der Waals surface area contributed by atoms with Gasteiger partial charge in [-0.05, 0) is 47.8 Å². The number of aldehydes is 1. The van der Waals surface area contributed by atoms with E-state index >= 15 is 0 Å². The second kappa shape index (κ2) is 6.26. The van der Waals surface area contributed by atoms with Crippen LogP contribution in [0, 0.1) is 0 Å². The van der Waals surface area contributed by atoms with Crippen LogP contribution >= 0.6 is 15.9 Å². The zero-order chi connectivity index (χ0) is 14.7. The zero-order valence-electron chi connectivity index (χ0n) is 11.3. The summed E-state index contributed by atoms with van der Waals surface area (Å²) in [5, 5.41) is 2.88. The highest BCUT2D eigenvalue weighted by molar-refractivity contribution is 9.10. The number of hydrogen-bond donors (Lipinski definition) is 1. The molecule has 0 spiro atoms. The van der Waals surface area contributed by atoms with Gasteiger partial charge in [-0.2, -0.15) is 0 Å². The lowest BCUT2D eigenvalue weighted by atomic mass is 10.2. The Bertz CT molecular complexity index is 528. The second-order valence-electron chi connectivity index (χ2n) is 4.69. The minimum atomic E-state index is -0.636. The fraction of sp³-hybridized carbons (Fsp3) is 0.429. The molecule has 1 fully saturated rings. The maximum absolute atomic E-state index is 11.9. The maximum Gasteiger partial charge on any atom is 0.260 e. The first-order valence-electron chi connectivity index (χ1n) is 6.35. The summed E-state index contributed by atoms with van der Waals surface area (Å²) in [4.78, 5) is 22.7. The Balaban J connectivity index is 2.14. The first kappa shape index (κ1) is 14.8. The summed E-state index contributed by atoms with van der Waals surface area (Å²) in [7, 11) is 1.48. The number of carbonyl (C=O) groups is 2. The van der Waals surface area contributed by atoms with Crippen LogP contribution in [-0.2, 0) is 4.79 Å². The predicted octanol–water partition coefficient (Wildman–Crippen LogP) is 2.32. The van der Waals surface area contributed by atoms with E-state index in [-0.39, 0.29) is 11.9 Å². The van der Waals surface area contributed by atoms with Crippen LogP contribution in [0.2, 0.25) is 0 Å². The summed E-state index contributed by atoms with van der Waals surface area (Å²) in [5.74, 6) is 0.671. The van der Waals surface area contributed by atoms with Gasteiger partial charge in [0.1, 0.15) is 6.29 Å². The number of rotatable bonds is 6. The maximum atomic E-state index is 11.9. The van der Waals surface area contributed by atoms with E-state index in [4.69, 9.17) is 9.47 Å². The largest absolute Gasteiger partial charge is 0.493 e. The van der Waals surface area contributed by atoms with Crippen molar-refractivity contribution in [3.63, 3.8) is 0 Å². The lowest BCUT2D eigenvalue weighted by molar-refractivity contribution is -0.127. The van der Waals surface area contributed by atoms with E-state index in [1.54, 1.807) is 19.1 Å². The van der Waals surface area contributed by atoms with Crippen molar-refractivity contribution in [2.24, 2.45) is 0 Å². The van der Waals surface area contributed by atoms with Crippen LogP contribution in [0.3, 0.4) is 0 Å². The molecule has 6 heteroatoms. The van der Waals surface area contributed by atoms with Crippen molar-refractivity contribution in [2.45, 2.75) is 31.9 Å². The van der Waals surface area contributed by atoms with Crippen LogP contribution in [0.15, 0.2) is 16.6 Å². The van der Waals surface area contributed by atoms with E-state index in [0.29, 0.717) is 21.5 Å². The van der Waals surface area contributed by atoms with Crippen molar-refractivity contribution in [2.75, 3.05) is 7.11 Å². The van der Waals surface area contributed by atoms with Crippen molar-refractivity contribution in [1.82, 2.24) is 5.32 Å². The number of methoxy groups -OCH3 is 1. The Labute approximate surface area is 125 Å². The average Bonchev–Trinajstić information content (AvgIpc) is 3.24. The molecule has 1 aromatic carbocycles. The molecule has 0 bridgehead atoms. The normalized spacial score (nSPS) is 15.3. The molecular formula is C14H16BrNO4. The van der Waals surface area contributed by atoms with Gasteiger partial charge in [0, 0.05) is 11.6 Å². The molecular weight excluding hydrogens is 326 g/mol. The van der Waals surface area contributed by atoms with Crippen molar-refractivity contribution in [1.29, 1.82) is 0 Å². The Kier molecular flexibility index (Phi) is 4.65. The van der Waals surface area contributed by atoms with Crippen LogP contribution in [0.1, 0.15) is 30.1 Å². The van der Waals surface area contributed by atoms with Crippen molar-refractivity contribution in [3.05, 3.63) is 22.2 Å². The van der Waals surface area contributed by atoms with Gasteiger partial charge in [-0.25, -0.2) is 0 Å². The second-order valence-corrected chi connectivity index (χ2v) is 5.55. The molecule has 1 aliphatic rings. The van der Waals surface area contributed by atoms with E-state index in [2.05, 4.69) is 21.2 Å². The number of benzene rings is 1.